The number of aryl methyl sites for hydroxylation is 1. The fraction of sp³-hybridized carbons (Fsp3) is 0.333. The number of benzene rings is 2. The Hall–Kier alpha value is -3.42. The number of hydrogen-bond acceptors (Lipinski definition) is 5. The first kappa shape index (κ1) is 20.3. The Labute approximate surface area is 168 Å². The molecule has 0 spiro atoms. The molecule has 2 unspecified atom stereocenters. The van der Waals surface area contributed by atoms with Crippen molar-refractivity contribution >= 4 is 28.9 Å². The van der Waals surface area contributed by atoms with Gasteiger partial charge in [0.05, 0.1) is 10.6 Å². The van der Waals surface area contributed by atoms with Gasteiger partial charge < -0.3 is 10.1 Å². The second-order valence-electron chi connectivity index (χ2n) is 7.43. The van der Waals surface area contributed by atoms with Gasteiger partial charge in [0.2, 0.25) is 5.91 Å². The minimum atomic E-state index is -0.894. The topological polar surface area (TPSA) is 102 Å². The molecule has 29 heavy (non-hydrogen) atoms. The molecule has 0 fully saturated rings. The maximum Gasteiger partial charge on any atom is 0.271 e. The molecule has 0 saturated carbocycles. The van der Waals surface area contributed by atoms with Crippen molar-refractivity contribution in [2.45, 2.75) is 39.8 Å². The van der Waals surface area contributed by atoms with E-state index in [1.54, 1.807) is 19.1 Å². The van der Waals surface area contributed by atoms with E-state index in [-0.39, 0.29) is 17.3 Å². The Morgan fingerprint density at radius 1 is 1.17 bits per heavy atom. The number of nitrogens with one attached hydrogen (secondary N) is 1. The normalized spacial score (nSPS) is 16.8. The Balaban J connectivity index is 1.97. The lowest BCUT2D eigenvalue weighted by molar-refractivity contribution is -0.384. The molecule has 0 saturated heterocycles. The monoisotopic (exact) mass is 397 g/mol. The summed E-state index contributed by atoms with van der Waals surface area (Å²) in [5.41, 5.74) is 1.69. The van der Waals surface area contributed by atoms with Crippen LogP contribution in [0.25, 0.3) is 0 Å². The Kier molecular flexibility index (Phi) is 5.54. The molecule has 0 aromatic heterocycles. The first-order chi connectivity index (χ1) is 13.7. The summed E-state index contributed by atoms with van der Waals surface area (Å²) in [6.07, 6.45) is -0.779. The molecule has 1 aliphatic rings. The van der Waals surface area contributed by atoms with Crippen LogP contribution in [0, 0.1) is 23.0 Å². The Bertz CT molecular complexity index is 955. The lowest BCUT2D eigenvalue weighted by atomic mass is 10.0. The van der Waals surface area contributed by atoms with Crippen LogP contribution in [0.5, 0.6) is 5.75 Å². The molecule has 152 valence electrons. The number of rotatable bonds is 5. The van der Waals surface area contributed by atoms with Crippen molar-refractivity contribution < 1.29 is 19.2 Å². The van der Waals surface area contributed by atoms with Gasteiger partial charge in [0.1, 0.15) is 11.8 Å². The number of fused-ring (bicyclic) bond motifs is 1. The second kappa shape index (κ2) is 7.90. The fourth-order valence-corrected chi connectivity index (χ4v) is 3.17. The zero-order valence-corrected chi connectivity index (χ0v) is 16.7. The van der Waals surface area contributed by atoms with Gasteiger partial charge in [-0.2, -0.15) is 0 Å². The van der Waals surface area contributed by atoms with E-state index in [0.717, 1.165) is 5.56 Å². The highest BCUT2D eigenvalue weighted by Crippen LogP contribution is 2.39. The lowest BCUT2D eigenvalue weighted by Gasteiger charge is -2.38. The average Bonchev–Trinajstić information content (AvgIpc) is 2.68. The molecule has 2 atom stereocenters. The smallest absolute Gasteiger partial charge is 0.271 e. The molecular weight excluding hydrogens is 374 g/mol. The van der Waals surface area contributed by atoms with Crippen molar-refractivity contribution in [1.82, 2.24) is 0 Å². The van der Waals surface area contributed by atoms with Gasteiger partial charge in [-0.1, -0.05) is 31.5 Å². The number of non-ortho nitro benzene ring substituents is 1. The summed E-state index contributed by atoms with van der Waals surface area (Å²) < 4.78 is 5.79. The van der Waals surface area contributed by atoms with Gasteiger partial charge in [0, 0.05) is 17.8 Å². The number of amides is 2. The third-order valence-corrected chi connectivity index (χ3v) is 4.84. The van der Waals surface area contributed by atoms with E-state index in [2.05, 4.69) is 5.32 Å². The van der Waals surface area contributed by atoms with Crippen LogP contribution in [0.2, 0.25) is 0 Å². The van der Waals surface area contributed by atoms with E-state index in [4.69, 9.17) is 4.74 Å². The lowest BCUT2D eigenvalue weighted by Crippen LogP contribution is -2.55. The summed E-state index contributed by atoms with van der Waals surface area (Å²) in [5.74, 6) is -0.604. The standard InChI is InChI=1S/C21H23N3O5/c1-12(2)19-21(26)23(17-11-16(24(27)28)9-10-18(17)29-19)14(4)20(25)22-15-7-5-13(3)6-8-15/h5-12,14,19H,1-4H3,(H,22,25). The zero-order chi connectivity index (χ0) is 21.3. The quantitative estimate of drug-likeness (QED) is 0.612. The number of carbonyl (C=O) groups is 2. The molecule has 8 heteroatoms. The molecule has 1 heterocycles. The van der Waals surface area contributed by atoms with Crippen LogP contribution in [0.1, 0.15) is 26.3 Å². The molecule has 8 nitrogen and oxygen atoms in total. The highest BCUT2D eigenvalue weighted by molar-refractivity contribution is 6.08. The van der Waals surface area contributed by atoms with Crippen molar-refractivity contribution in [3.8, 4) is 5.75 Å². The van der Waals surface area contributed by atoms with E-state index in [0.29, 0.717) is 11.4 Å². The largest absolute Gasteiger partial charge is 0.478 e. The summed E-state index contributed by atoms with van der Waals surface area (Å²) in [7, 11) is 0. The summed E-state index contributed by atoms with van der Waals surface area (Å²) in [6, 6.07) is 10.4. The molecule has 0 radical (unpaired) electrons. The van der Waals surface area contributed by atoms with Crippen molar-refractivity contribution in [2.75, 3.05) is 10.2 Å². The van der Waals surface area contributed by atoms with Crippen LogP contribution in [-0.4, -0.2) is 28.9 Å². The van der Waals surface area contributed by atoms with E-state index in [1.807, 2.05) is 32.9 Å². The zero-order valence-electron chi connectivity index (χ0n) is 16.7. The van der Waals surface area contributed by atoms with Crippen LogP contribution < -0.4 is 15.0 Å². The molecule has 2 amide bonds. The molecule has 2 aromatic carbocycles. The molecular formula is C21H23N3O5. The molecule has 0 aliphatic carbocycles. The fourth-order valence-electron chi connectivity index (χ4n) is 3.17. The molecule has 1 aliphatic heterocycles. The van der Waals surface area contributed by atoms with Crippen LogP contribution in [-0.2, 0) is 9.59 Å². The average molecular weight is 397 g/mol. The third kappa shape index (κ3) is 4.06. The highest BCUT2D eigenvalue weighted by Gasteiger charge is 2.41. The summed E-state index contributed by atoms with van der Waals surface area (Å²) in [4.78, 5) is 37.9. The minimum absolute atomic E-state index is 0.138. The Morgan fingerprint density at radius 3 is 2.41 bits per heavy atom. The number of anilines is 2. The van der Waals surface area contributed by atoms with E-state index in [1.165, 1.54) is 23.1 Å². The summed E-state index contributed by atoms with van der Waals surface area (Å²) >= 11 is 0. The van der Waals surface area contributed by atoms with Gasteiger partial charge in [-0.3, -0.25) is 24.6 Å². The van der Waals surface area contributed by atoms with Crippen LogP contribution in [0.4, 0.5) is 17.1 Å². The minimum Gasteiger partial charge on any atom is -0.478 e. The van der Waals surface area contributed by atoms with Gasteiger partial charge in [-0.25, -0.2) is 0 Å². The van der Waals surface area contributed by atoms with Gasteiger partial charge in [0.15, 0.2) is 6.10 Å². The van der Waals surface area contributed by atoms with Gasteiger partial charge >= 0.3 is 0 Å². The molecule has 2 aromatic rings. The van der Waals surface area contributed by atoms with Crippen molar-refractivity contribution in [3.05, 3.63) is 58.1 Å². The number of nitro groups is 1. The molecule has 1 N–H and O–H groups in total. The van der Waals surface area contributed by atoms with Crippen molar-refractivity contribution in [3.63, 3.8) is 0 Å². The molecule has 0 bridgehead atoms. The molecule has 3 rings (SSSR count). The maximum absolute atomic E-state index is 13.1. The van der Waals surface area contributed by atoms with E-state index < -0.39 is 28.9 Å². The van der Waals surface area contributed by atoms with Crippen molar-refractivity contribution in [1.29, 1.82) is 0 Å². The number of carbonyl (C=O) groups excluding carboxylic acids is 2. The summed E-state index contributed by atoms with van der Waals surface area (Å²) in [6.45, 7) is 7.21. The number of nitro benzene ring substituents is 1. The van der Waals surface area contributed by atoms with E-state index >= 15 is 0 Å². The van der Waals surface area contributed by atoms with E-state index in [9.17, 15) is 19.7 Å². The summed E-state index contributed by atoms with van der Waals surface area (Å²) in [5, 5.41) is 14.0. The highest BCUT2D eigenvalue weighted by atomic mass is 16.6. The van der Waals surface area contributed by atoms with Crippen molar-refractivity contribution in [2.24, 2.45) is 5.92 Å². The SMILES string of the molecule is Cc1ccc(NC(=O)C(C)N2C(=O)C(C(C)C)Oc3ccc([N+](=O)[O-])cc32)cc1. The van der Waals surface area contributed by atoms with Crippen LogP contribution in [0.3, 0.4) is 0 Å². The first-order valence-corrected chi connectivity index (χ1v) is 9.34. The van der Waals surface area contributed by atoms with Gasteiger partial charge in [0.25, 0.3) is 11.6 Å². The Morgan fingerprint density at radius 2 is 1.83 bits per heavy atom. The van der Waals surface area contributed by atoms with Crippen LogP contribution >= 0.6 is 0 Å². The number of ether oxygens (including phenoxy) is 1. The third-order valence-electron chi connectivity index (χ3n) is 4.84. The number of nitrogens with zero attached hydrogens (tertiary/aromatic N) is 2. The van der Waals surface area contributed by atoms with Crippen LogP contribution in [0.15, 0.2) is 42.5 Å². The maximum atomic E-state index is 13.1. The first-order valence-electron chi connectivity index (χ1n) is 9.34. The predicted octanol–water partition coefficient (Wildman–Crippen LogP) is 3.68. The van der Waals surface area contributed by atoms with Gasteiger partial charge in [-0.15, -0.1) is 0 Å². The predicted molar refractivity (Wildman–Crippen MR) is 109 cm³/mol. The number of hydrogen-bond donors (Lipinski definition) is 1. The van der Waals surface area contributed by atoms with Gasteiger partial charge in [-0.05, 0) is 38.0 Å². The second-order valence-corrected chi connectivity index (χ2v) is 7.43.